The minimum absolute atomic E-state index is 0.130. The molecule has 2 aliphatic heterocycles. The van der Waals surface area contributed by atoms with Crippen molar-refractivity contribution in [2.75, 3.05) is 24.3 Å². The highest BCUT2D eigenvalue weighted by Gasteiger charge is 2.61. The summed E-state index contributed by atoms with van der Waals surface area (Å²) in [6.07, 6.45) is 1.86. The maximum atomic E-state index is 14.1. The monoisotopic (exact) mass is 682 g/mol. The number of aromatic nitrogens is 2. The Morgan fingerprint density at radius 1 is 1.16 bits per heavy atom. The Bertz CT molecular complexity index is 1940. The number of likely N-dealkylation sites (tertiary alicyclic amines) is 1. The average Bonchev–Trinajstić information content (AvgIpc) is 3.44. The molecule has 2 aromatic carbocycles. The molecule has 254 valence electrons. The molecule has 2 aromatic heterocycles. The van der Waals surface area contributed by atoms with Crippen molar-refractivity contribution in [1.82, 2.24) is 20.2 Å². The summed E-state index contributed by atoms with van der Waals surface area (Å²) in [5.41, 5.74) is 2.38. The number of para-hydroxylation sites is 1. The molecule has 12 nitrogen and oxygen atoms in total. The number of amides is 2. The number of carbonyl (C=O) groups is 3. The van der Waals surface area contributed by atoms with Gasteiger partial charge in [-0.15, -0.1) is 17.9 Å². The Balaban J connectivity index is 1.20. The van der Waals surface area contributed by atoms with Gasteiger partial charge in [-0.1, -0.05) is 24.3 Å². The number of carboxylic acid groups (broad SMARTS) is 1. The third-order valence-corrected chi connectivity index (χ3v) is 10.2. The zero-order valence-corrected chi connectivity index (χ0v) is 28.3. The van der Waals surface area contributed by atoms with Crippen LogP contribution >= 0.6 is 11.3 Å². The van der Waals surface area contributed by atoms with Crippen LogP contribution in [-0.4, -0.2) is 81.2 Å². The first kappa shape index (κ1) is 32.4. The molecule has 5 atom stereocenters. The molecule has 7 rings (SSSR count). The van der Waals surface area contributed by atoms with Crippen LogP contribution < -0.4 is 25.4 Å². The van der Waals surface area contributed by atoms with E-state index in [1.807, 2.05) is 67.8 Å². The lowest BCUT2D eigenvalue weighted by molar-refractivity contribution is -0.145. The lowest BCUT2D eigenvalue weighted by atomic mass is 10.1. The smallest absolute Gasteiger partial charge is 0.330 e. The van der Waals surface area contributed by atoms with Gasteiger partial charge in [-0.2, -0.15) is 0 Å². The quantitative estimate of drug-likeness (QED) is 0.164. The lowest BCUT2D eigenvalue weighted by Gasteiger charge is -2.27. The van der Waals surface area contributed by atoms with Crippen molar-refractivity contribution < 1.29 is 29.0 Å². The standard InChI is InChI=1S/C36H38N6O6S/c1-5-21-16-36(21,34(45)46)41-32(43)30-14-23(17-42(30)33(44)28-12-20-8-6-7-9-25(20)38-28)48-31-15-27(29-18-49-35(40-29)37-19(2)3)39-26-13-22(47-4)10-11-24(26)31/h5-11,13,15,18-19,21,23,28,30,38H,1,12,14,16-17H2,2-4H3,(H,37,40)(H,41,43)(H,45,46)/t21-,23-,28+,30+,36-/m1/s1. The van der Waals surface area contributed by atoms with E-state index in [0.29, 0.717) is 34.8 Å². The fraction of sp³-hybridized carbons (Fsp3) is 0.361. The number of nitrogens with zero attached hydrogens (tertiary/aromatic N) is 3. The Hall–Kier alpha value is -5.17. The zero-order chi connectivity index (χ0) is 34.4. The summed E-state index contributed by atoms with van der Waals surface area (Å²) >= 11 is 1.48. The van der Waals surface area contributed by atoms with Crippen molar-refractivity contribution in [2.24, 2.45) is 5.92 Å². The largest absolute Gasteiger partial charge is 0.497 e. The molecule has 0 unspecified atom stereocenters. The molecular weight excluding hydrogens is 644 g/mol. The SMILES string of the molecule is C=C[C@@H]1C[C@]1(NC(=O)[C@@H]1C[C@@H](Oc2cc(-c3csc(NC(C)C)n3)nc3cc(OC)ccc23)CN1C(=O)[C@@H]1Cc2ccccc2N1)C(=O)O. The fourth-order valence-electron chi connectivity index (χ4n) is 6.76. The van der Waals surface area contributed by atoms with Crippen molar-refractivity contribution in [1.29, 1.82) is 0 Å². The van der Waals surface area contributed by atoms with Crippen LogP contribution in [0, 0.1) is 5.92 Å². The van der Waals surface area contributed by atoms with Gasteiger partial charge in [0, 0.05) is 53.4 Å². The van der Waals surface area contributed by atoms with Gasteiger partial charge in [0.1, 0.15) is 40.9 Å². The second kappa shape index (κ2) is 12.7. The third-order valence-electron chi connectivity index (χ3n) is 9.40. The van der Waals surface area contributed by atoms with E-state index in [2.05, 4.69) is 22.5 Å². The first-order valence-corrected chi connectivity index (χ1v) is 17.2. The molecule has 13 heteroatoms. The van der Waals surface area contributed by atoms with E-state index < -0.39 is 41.5 Å². The third kappa shape index (κ3) is 6.14. The number of fused-ring (bicyclic) bond motifs is 2. The van der Waals surface area contributed by atoms with Gasteiger partial charge in [0.25, 0.3) is 0 Å². The van der Waals surface area contributed by atoms with Crippen LogP contribution in [0.2, 0.25) is 0 Å². The Labute approximate surface area is 287 Å². The van der Waals surface area contributed by atoms with Crippen LogP contribution in [0.1, 0.15) is 32.3 Å². The fourth-order valence-corrected chi connectivity index (χ4v) is 7.61. The second-order valence-corrected chi connectivity index (χ2v) is 13.9. The first-order chi connectivity index (χ1) is 23.6. The van der Waals surface area contributed by atoms with Gasteiger partial charge in [-0.3, -0.25) is 9.59 Å². The van der Waals surface area contributed by atoms with E-state index in [0.717, 1.165) is 21.8 Å². The highest BCUT2D eigenvalue weighted by molar-refractivity contribution is 7.14. The number of anilines is 2. The van der Waals surface area contributed by atoms with Crippen molar-refractivity contribution in [3.63, 3.8) is 0 Å². The zero-order valence-electron chi connectivity index (χ0n) is 27.4. The number of benzene rings is 2. The number of carbonyl (C=O) groups excluding carboxylic acids is 2. The van der Waals surface area contributed by atoms with E-state index in [9.17, 15) is 19.5 Å². The minimum atomic E-state index is -1.43. The number of methoxy groups -OCH3 is 1. The molecule has 2 fully saturated rings. The molecule has 2 amide bonds. The molecular formula is C36H38N6O6S. The number of aliphatic carboxylic acids is 1. The van der Waals surface area contributed by atoms with Crippen molar-refractivity contribution in [3.05, 3.63) is 72.1 Å². The predicted molar refractivity (Wildman–Crippen MR) is 187 cm³/mol. The van der Waals surface area contributed by atoms with Crippen molar-refractivity contribution in [3.8, 4) is 22.9 Å². The van der Waals surface area contributed by atoms with Crippen molar-refractivity contribution >= 4 is 50.8 Å². The molecule has 0 bridgehead atoms. The molecule has 0 spiro atoms. The van der Waals surface area contributed by atoms with Gasteiger partial charge in [0.05, 0.1) is 24.9 Å². The highest BCUT2D eigenvalue weighted by atomic mass is 32.1. The Morgan fingerprint density at radius 3 is 2.69 bits per heavy atom. The average molecular weight is 683 g/mol. The van der Waals surface area contributed by atoms with E-state index in [1.54, 1.807) is 13.2 Å². The van der Waals surface area contributed by atoms with Gasteiger partial charge in [0.15, 0.2) is 5.13 Å². The van der Waals surface area contributed by atoms with E-state index in [-0.39, 0.29) is 31.3 Å². The molecule has 4 aromatic rings. The van der Waals surface area contributed by atoms with E-state index in [4.69, 9.17) is 19.4 Å². The van der Waals surface area contributed by atoms with Gasteiger partial charge in [0.2, 0.25) is 11.8 Å². The normalized spacial score (nSPS) is 23.9. The number of pyridine rings is 1. The molecule has 0 radical (unpaired) electrons. The topological polar surface area (TPSA) is 155 Å². The maximum Gasteiger partial charge on any atom is 0.330 e. The number of hydrogen-bond donors (Lipinski definition) is 4. The number of carboxylic acids is 1. The van der Waals surface area contributed by atoms with Crippen molar-refractivity contribution in [2.45, 2.75) is 62.9 Å². The van der Waals surface area contributed by atoms with Crippen LogP contribution in [0.25, 0.3) is 22.3 Å². The van der Waals surface area contributed by atoms with Crippen LogP contribution in [0.15, 0.2) is 66.6 Å². The van der Waals surface area contributed by atoms with E-state index in [1.165, 1.54) is 16.2 Å². The Morgan fingerprint density at radius 2 is 1.98 bits per heavy atom. The number of hydrogen-bond acceptors (Lipinski definition) is 10. The van der Waals surface area contributed by atoms with E-state index >= 15 is 0 Å². The second-order valence-electron chi connectivity index (χ2n) is 13.1. The summed E-state index contributed by atoms with van der Waals surface area (Å²) in [5, 5.41) is 22.8. The molecule has 1 saturated carbocycles. The maximum absolute atomic E-state index is 14.1. The number of rotatable bonds is 11. The predicted octanol–water partition coefficient (Wildman–Crippen LogP) is 4.72. The summed E-state index contributed by atoms with van der Waals surface area (Å²) in [6.45, 7) is 7.95. The number of thiazole rings is 1. The van der Waals surface area contributed by atoms with Crippen LogP contribution in [0.3, 0.4) is 0 Å². The number of nitrogens with one attached hydrogen (secondary N) is 3. The molecule has 4 heterocycles. The minimum Gasteiger partial charge on any atom is -0.497 e. The van der Waals surface area contributed by atoms with Gasteiger partial charge >= 0.3 is 5.97 Å². The summed E-state index contributed by atoms with van der Waals surface area (Å²) in [5.74, 6) is -1.14. The molecule has 49 heavy (non-hydrogen) atoms. The van der Waals surface area contributed by atoms with Crippen LogP contribution in [0.4, 0.5) is 10.8 Å². The molecule has 4 N–H and O–H groups in total. The number of ether oxygens (including phenoxy) is 2. The van der Waals surface area contributed by atoms with Crippen LogP contribution in [0.5, 0.6) is 11.5 Å². The Kier molecular flexibility index (Phi) is 8.39. The summed E-state index contributed by atoms with van der Waals surface area (Å²) in [6, 6.07) is 13.8. The summed E-state index contributed by atoms with van der Waals surface area (Å²) < 4.78 is 12.1. The van der Waals surface area contributed by atoms with Crippen LogP contribution in [-0.2, 0) is 20.8 Å². The molecule has 1 aliphatic carbocycles. The van der Waals surface area contributed by atoms with Gasteiger partial charge in [-0.05, 0) is 44.0 Å². The molecule has 1 saturated heterocycles. The van der Waals surface area contributed by atoms with Gasteiger partial charge in [-0.25, -0.2) is 14.8 Å². The summed E-state index contributed by atoms with van der Waals surface area (Å²) in [7, 11) is 1.59. The summed E-state index contributed by atoms with van der Waals surface area (Å²) in [4.78, 5) is 51.4. The van der Waals surface area contributed by atoms with Gasteiger partial charge < -0.3 is 35.4 Å². The highest BCUT2D eigenvalue weighted by Crippen LogP contribution is 2.45. The lowest BCUT2D eigenvalue weighted by Crippen LogP contribution is -2.54. The molecule has 3 aliphatic rings. The first-order valence-electron chi connectivity index (χ1n) is 16.3.